The molecule has 5 heteroatoms. The van der Waals surface area contributed by atoms with Gasteiger partial charge in [-0.05, 0) is 38.4 Å². The highest BCUT2D eigenvalue weighted by Gasteiger charge is 2.43. The summed E-state index contributed by atoms with van der Waals surface area (Å²) >= 11 is 0. The largest absolute Gasteiger partial charge is 0.495 e. The molecule has 120 valence electrons. The monoisotopic (exact) mass is 304 g/mol. The van der Waals surface area contributed by atoms with Gasteiger partial charge in [0.2, 0.25) is 0 Å². The van der Waals surface area contributed by atoms with Gasteiger partial charge >= 0.3 is 0 Å². The van der Waals surface area contributed by atoms with E-state index in [9.17, 15) is 4.79 Å². The number of carbonyl (C=O) groups excluding carboxylic acids is 1. The summed E-state index contributed by atoms with van der Waals surface area (Å²) in [7, 11) is 1.63. The summed E-state index contributed by atoms with van der Waals surface area (Å²) in [6.07, 6.45) is 2.30. The van der Waals surface area contributed by atoms with Crippen molar-refractivity contribution >= 4 is 11.6 Å². The third kappa shape index (κ3) is 2.83. The zero-order valence-corrected chi connectivity index (χ0v) is 13.3. The molecule has 5 nitrogen and oxygen atoms in total. The Labute approximate surface area is 131 Å². The second-order valence-electron chi connectivity index (χ2n) is 6.30. The standard InChI is InChI=1S/C17H24N2O3/c1-17(13-6-5-9-18-10-13)12-19(16(20)11-22-17)14-7-3-4-8-15(14)21-2/h3-4,7-8,13,18H,5-6,9-12H2,1-2H3. The molecule has 2 heterocycles. The SMILES string of the molecule is COc1ccccc1N1CC(C)(C2CCCNC2)OCC1=O. The number of rotatable bonds is 3. The molecule has 2 atom stereocenters. The summed E-state index contributed by atoms with van der Waals surface area (Å²) in [5.41, 5.74) is 0.510. The van der Waals surface area contributed by atoms with Crippen molar-refractivity contribution < 1.29 is 14.3 Å². The van der Waals surface area contributed by atoms with Crippen molar-refractivity contribution in [2.75, 3.05) is 38.3 Å². The van der Waals surface area contributed by atoms with Gasteiger partial charge in [0.25, 0.3) is 5.91 Å². The fourth-order valence-corrected chi connectivity index (χ4v) is 3.44. The molecule has 22 heavy (non-hydrogen) atoms. The molecule has 2 aliphatic rings. The number of anilines is 1. The van der Waals surface area contributed by atoms with Gasteiger partial charge in [-0.15, -0.1) is 0 Å². The smallest absolute Gasteiger partial charge is 0.253 e. The van der Waals surface area contributed by atoms with E-state index in [1.165, 1.54) is 0 Å². The van der Waals surface area contributed by atoms with E-state index in [2.05, 4.69) is 12.2 Å². The maximum absolute atomic E-state index is 12.4. The number of ether oxygens (including phenoxy) is 2. The van der Waals surface area contributed by atoms with Crippen LogP contribution in [-0.2, 0) is 9.53 Å². The minimum absolute atomic E-state index is 0.00857. The summed E-state index contributed by atoms with van der Waals surface area (Å²) in [6.45, 7) is 4.84. The van der Waals surface area contributed by atoms with E-state index in [1.807, 2.05) is 29.2 Å². The van der Waals surface area contributed by atoms with Crippen LogP contribution in [-0.4, -0.2) is 44.9 Å². The van der Waals surface area contributed by atoms with Crippen LogP contribution in [0.3, 0.4) is 0 Å². The number of nitrogens with zero attached hydrogens (tertiary/aromatic N) is 1. The number of nitrogens with one attached hydrogen (secondary N) is 1. The van der Waals surface area contributed by atoms with Crippen LogP contribution < -0.4 is 15.0 Å². The normalized spacial score (nSPS) is 29.5. The predicted octanol–water partition coefficient (Wildman–Crippen LogP) is 1.82. The van der Waals surface area contributed by atoms with E-state index >= 15 is 0 Å². The van der Waals surface area contributed by atoms with Crippen LogP contribution in [0, 0.1) is 5.92 Å². The number of morpholine rings is 1. The van der Waals surface area contributed by atoms with Gasteiger partial charge in [-0.25, -0.2) is 0 Å². The van der Waals surface area contributed by atoms with E-state index < -0.39 is 0 Å². The second kappa shape index (κ2) is 6.26. The molecule has 3 rings (SSSR count). The maximum Gasteiger partial charge on any atom is 0.253 e. The minimum atomic E-state index is -0.317. The lowest BCUT2D eigenvalue weighted by Crippen LogP contribution is -2.59. The fourth-order valence-electron chi connectivity index (χ4n) is 3.44. The molecule has 1 amide bonds. The number of methoxy groups -OCH3 is 1. The number of piperidine rings is 1. The van der Waals surface area contributed by atoms with Crippen LogP contribution in [0.15, 0.2) is 24.3 Å². The molecule has 2 unspecified atom stereocenters. The van der Waals surface area contributed by atoms with Gasteiger partial charge in [0.15, 0.2) is 0 Å². The third-order valence-electron chi connectivity index (χ3n) is 4.83. The van der Waals surface area contributed by atoms with Crippen LogP contribution in [0.2, 0.25) is 0 Å². The summed E-state index contributed by atoms with van der Waals surface area (Å²) in [5, 5.41) is 3.44. The van der Waals surface area contributed by atoms with Gasteiger partial charge in [0.05, 0.1) is 24.9 Å². The highest BCUT2D eigenvalue weighted by atomic mass is 16.5. The first-order valence-electron chi connectivity index (χ1n) is 7.92. The Morgan fingerprint density at radius 2 is 2.23 bits per heavy atom. The van der Waals surface area contributed by atoms with Crippen molar-refractivity contribution in [3.63, 3.8) is 0 Å². The van der Waals surface area contributed by atoms with E-state index in [-0.39, 0.29) is 18.1 Å². The van der Waals surface area contributed by atoms with Crippen LogP contribution in [0.1, 0.15) is 19.8 Å². The minimum Gasteiger partial charge on any atom is -0.495 e. The van der Waals surface area contributed by atoms with Crippen LogP contribution in [0.25, 0.3) is 0 Å². The molecule has 1 N–H and O–H groups in total. The van der Waals surface area contributed by atoms with E-state index in [4.69, 9.17) is 9.47 Å². The number of para-hydroxylation sites is 2. The van der Waals surface area contributed by atoms with Gasteiger partial charge in [0.1, 0.15) is 12.4 Å². The molecular weight excluding hydrogens is 280 g/mol. The van der Waals surface area contributed by atoms with E-state index in [0.717, 1.165) is 37.4 Å². The molecule has 1 aromatic carbocycles. The van der Waals surface area contributed by atoms with Gasteiger partial charge in [-0.2, -0.15) is 0 Å². The van der Waals surface area contributed by atoms with E-state index in [0.29, 0.717) is 12.5 Å². The van der Waals surface area contributed by atoms with Crippen molar-refractivity contribution in [2.45, 2.75) is 25.4 Å². The van der Waals surface area contributed by atoms with Crippen molar-refractivity contribution in [3.05, 3.63) is 24.3 Å². The molecule has 0 aromatic heterocycles. The fraction of sp³-hybridized carbons (Fsp3) is 0.588. The zero-order valence-electron chi connectivity index (χ0n) is 13.3. The number of carbonyl (C=O) groups is 1. The van der Waals surface area contributed by atoms with Gasteiger partial charge in [-0.1, -0.05) is 12.1 Å². The van der Waals surface area contributed by atoms with Crippen LogP contribution in [0.4, 0.5) is 5.69 Å². The molecule has 0 spiro atoms. The molecule has 0 radical (unpaired) electrons. The average Bonchev–Trinajstić information content (AvgIpc) is 2.58. The second-order valence-corrected chi connectivity index (χ2v) is 6.30. The number of benzene rings is 1. The first-order chi connectivity index (χ1) is 10.6. The molecule has 0 aliphatic carbocycles. The summed E-state index contributed by atoms with van der Waals surface area (Å²) < 4.78 is 11.4. The third-order valence-corrected chi connectivity index (χ3v) is 4.83. The first-order valence-corrected chi connectivity index (χ1v) is 7.92. The quantitative estimate of drug-likeness (QED) is 0.925. The van der Waals surface area contributed by atoms with E-state index in [1.54, 1.807) is 7.11 Å². The van der Waals surface area contributed by atoms with Gasteiger partial charge < -0.3 is 19.7 Å². The van der Waals surface area contributed by atoms with Gasteiger partial charge in [0, 0.05) is 12.5 Å². The Hall–Kier alpha value is -1.59. The van der Waals surface area contributed by atoms with Crippen LogP contribution in [0.5, 0.6) is 5.75 Å². The summed E-state index contributed by atoms with van der Waals surface area (Å²) in [5.74, 6) is 1.14. The van der Waals surface area contributed by atoms with Crippen molar-refractivity contribution in [1.29, 1.82) is 0 Å². The molecule has 0 bridgehead atoms. The molecule has 2 saturated heterocycles. The molecule has 2 aliphatic heterocycles. The van der Waals surface area contributed by atoms with Crippen LogP contribution >= 0.6 is 0 Å². The zero-order chi connectivity index (χ0) is 15.6. The van der Waals surface area contributed by atoms with Gasteiger partial charge in [-0.3, -0.25) is 4.79 Å². The van der Waals surface area contributed by atoms with Crippen molar-refractivity contribution in [3.8, 4) is 5.75 Å². The summed E-state index contributed by atoms with van der Waals surface area (Å²) in [4.78, 5) is 14.2. The number of hydrogen-bond acceptors (Lipinski definition) is 4. The first kappa shape index (κ1) is 15.3. The lowest BCUT2D eigenvalue weighted by molar-refractivity contribution is -0.144. The molecule has 0 saturated carbocycles. The average molecular weight is 304 g/mol. The molecule has 1 aromatic rings. The molecular formula is C17H24N2O3. The topological polar surface area (TPSA) is 50.8 Å². The van der Waals surface area contributed by atoms with Crippen molar-refractivity contribution in [1.82, 2.24) is 5.32 Å². The predicted molar refractivity (Wildman–Crippen MR) is 85.3 cm³/mol. The number of amides is 1. The maximum atomic E-state index is 12.4. The lowest BCUT2D eigenvalue weighted by Gasteiger charge is -2.46. The highest BCUT2D eigenvalue weighted by Crippen LogP contribution is 2.36. The Balaban J connectivity index is 1.85. The summed E-state index contributed by atoms with van der Waals surface area (Å²) in [6, 6.07) is 7.66. The van der Waals surface area contributed by atoms with Crippen molar-refractivity contribution in [2.24, 2.45) is 5.92 Å². The highest BCUT2D eigenvalue weighted by molar-refractivity contribution is 5.96. The Kier molecular flexibility index (Phi) is 4.36. The number of hydrogen-bond donors (Lipinski definition) is 1. The Morgan fingerprint density at radius 1 is 1.41 bits per heavy atom. The Bertz CT molecular complexity index is 542. The molecule has 2 fully saturated rings. The Morgan fingerprint density at radius 3 is 2.95 bits per heavy atom. The lowest BCUT2D eigenvalue weighted by atomic mass is 9.82.